The van der Waals surface area contributed by atoms with E-state index >= 15 is 0 Å². The maximum absolute atomic E-state index is 11.0. The third-order valence-electron chi connectivity index (χ3n) is 5.93. The highest BCUT2D eigenvalue weighted by Crippen LogP contribution is 2.45. The summed E-state index contributed by atoms with van der Waals surface area (Å²) < 4.78 is 41.2. The highest BCUT2D eigenvalue weighted by Gasteiger charge is 2.31. The van der Waals surface area contributed by atoms with Crippen molar-refractivity contribution < 1.29 is 22.0 Å². The maximum atomic E-state index is 11.0. The fraction of sp³-hybridized carbons (Fsp3) is 0.320. The number of hydrogen-bond acceptors (Lipinski definition) is 6. The number of allylic oxidation sites excluding steroid dienone is 2. The number of rotatable bonds is 9. The summed E-state index contributed by atoms with van der Waals surface area (Å²) in [5.41, 5.74) is 3.66. The lowest BCUT2D eigenvalue weighted by atomic mass is 10.2. The smallest absolute Gasteiger partial charge is 0.374 e. The fourth-order valence-electron chi connectivity index (χ4n) is 4.37. The van der Waals surface area contributed by atoms with Crippen LogP contribution in [0.2, 0.25) is 10.0 Å². The molecule has 35 heavy (non-hydrogen) atoms. The van der Waals surface area contributed by atoms with Gasteiger partial charge in [0.2, 0.25) is 5.58 Å². The molecule has 2 heterocycles. The van der Waals surface area contributed by atoms with E-state index in [9.17, 15) is 13.0 Å². The van der Waals surface area contributed by atoms with Crippen LogP contribution in [0, 0.1) is 0 Å². The average molecular weight is 536 g/mol. The van der Waals surface area contributed by atoms with Crippen molar-refractivity contribution in [1.29, 1.82) is 0 Å². The van der Waals surface area contributed by atoms with Gasteiger partial charge in [-0.1, -0.05) is 35.3 Å². The van der Waals surface area contributed by atoms with Gasteiger partial charge in [0.15, 0.2) is 0 Å². The molecule has 7 nitrogen and oxygen atoms in total. The molecule has 1 aliphatic rings. The number of hydrogen-bond donors (Lipinski definition) is 0. The van der Waals surface area contributed by atoms with Crippen LogP contribution >= 0.6 is 23.2 Å². The minimum Gasteiger partial charge on any atom is -0.748 e. The number of fused-ring (bicyclic) bond motifs is 2. The van der Waals surface area contributed by atoms with E-state index in [2.05, 4.69) is 21.3 Å². The van der Waals surface area contributed by atoms with Gasteiger partial charge in [0.25, 0.3) is 5.52 Å². The molecule has 3 aromatic rings. The lowest BCUT2D eigenvalue weighted by Crippen LogP contribution is -2.33. The van der Waals surface area contributed by atoms with Crippen LogP contribution in [0.1, 0.15) is 32.6 Å². The molecular weight excluding hydrogens is 509 g/mol. The molecule has 0 aliphatic carbocycles. The monoisotopic (exact) mass is 535 g/mol. The van der Waals surface area contributed by atoms with Crippen LogP contribution < -0.4 is 14.4 Å². The Labute approximate surface area is 215 Å². The Balaban J connectivity index is 1.67. The Kier molecular flexibility index (Phi) is 7.76. The highest BCUT2D eigenvalue weighted by molar-refractivity contribution is 7.85. The summed E-state index contributed by atoms with van der Waals surface area (Å²) in [7, 11) is -4.24. The predicted molar refractivity (Wildman–Crippen MR) is 140 cm³/mol. The molecule has 10 heteroatoms. The first-order valence-electron chi connectivity index (χ1n) is 11.5. The van der Waals surface area contributed by atoms with E-state index < -0.39 is 10.1 Å². The van der Waals surface area contributed by atoms with E-state index in [0.717, 1.165) is 40.7 Å². The van der Waals surface area contributed by atoms with E-state index in [1.54, 1.807) is 0 Å². The first kappa shape index (κ1) is 25.6. The van der Waals surface area contributed by atoms with Gasteiger partial charge in [0.1, 0.15) is 12.4 Å². The normalized spacial score (nSPS) is 15.2. The lowest BCUT2D eigenvalue weighted by Gasteiger charge is -2.24. The zero-order chi connectivity index (χ0) is 25.2. The number of anilines is 2. The average Bonchev–Trinajstić information content (AvgIpc) is 3.30. The topological polar surface area (TPSA) is 80.7 Å². The van der Waals surface area contributed by atoms with Crippen molar-refractivity contribution in [3.8, 4) is 0 Å². The Hall–Kier alpha value is -2.52. The number of benzene rings is 2. The number of oxazole rings is 1. The Morgan fingerprint density at radius 3 is 2.40 bits per heavy atom. The largest absolute Gasteiger partial charge is 0.748 e. The molecule has 0 atom stereocenters. The lowest BCUT2D eigenvalue weighted by molar-refractivity contribution is -0.674. The predicted octanol–water partition coefficient (Wildman–Crippen LogP) is 5.57. The first-order valence-corrected chi connectivity index (χ1v) is 13.8. The number of unbranched alkanes of at least 4 members (excludes halogenated alkanes) is 1. The van der Waals surface area contributed by atoms with Crippen LogP contribution in [0.15, 0.2) is 58.8 Å². The van der Waals surface area contributed by atoms with Crippen molar-refractivity contribution in [2.45, 2.75) is 33.2 Å². The zero-order valence-corrected chi connectivity index (χ0v) is 21.9. The van der Waals surface area contributed by atoms with Crippen LogP contribution in [-0.4, -0.2) is 31.8 Å². The van der Waals surface area contributed by atoms with Gasteiger partial charge in [0.05, 0.1) is 37.6 Å². The number of aryl methyl sites for hydroxylation is 1. The van der Waals surface area contributed by atoms with Gasteiger partial charge in [-0.2, -0.15) is 4.57 Å². The van der Waals surface area contributed by atoms with Crippen molar-refractivity contribution in [3.63, 3.8) is 0 Å². The molecular formula is C25H27Cl2N3O4S. The van der Waals surface area contributed by atoms with Gasteiger partial charge in [-0.05, 0) is 57.0 Å². The van der Waals surface area contributed by atoms with Gasteiger partial charge < -0.3 is 18.8 Å². The fourth-order valence-corrected chi connectivity index (χ4v) is 5.24. The number of aromatic nitrogens is 1. The standard InChI is InChI=1S/C25H27Cl2N3O4S/c1-3-28-21-16-18(26)19(27)17-22(21)30(14-7-8-15-35(31,32)33)24(28)12-9-13-25-29(4-2)20-10-5-6-11-23(20)34-25/h5-6,9-13,16-17H,3-4,7-8,14-15H2,1-2H3. The molecule has 186 valence electrons. The zero-order valence-electron chi connectivity index (χ0n) is 19.6. The molecule has 2 aromatic carbocycles. The second kappa shape index (κ2) is 10.6. The number of halogens is 2. The number of nitrogens with zero attached hydrogens (tertiary/aromatic N) is 3. The summed E-state index contributed by atoms with van der Waals surface area (Å²) in [5, 5.41) is 0.904. The Bertz CT molecular complexity index is 1400. The Morgan fingerprint density at radius 1 is 1.06 bits per heavy atom. The molecule has 0 fully saturated rings. The second-order valence-electron chi connectivity index (χ2n) is 8.16. The SMILES string of the molecule is CCN1C(=CC=Cc2oc3ccccc3[n+]2CC)N(CCCCS(=O)(=O)[O-])c2cc(Cl)c(Cl)cc21. The van der Waals surface area contributed by atoms with Gasteiger partial charge in [0, 0.05) is 24.9 Å². The molecule has 0 N–H and O–H groups in total. The molecule has 1 aromatic heterocycles. The molecule has 0 radical (unpaired) electrons. The molecule has 1 aliphatic heterocycles. The van der Waals surface area contributed by atoms with E-state index in [1.165, 1.54) is 0 Å². The summed E-state index contributed by atoms with van der Waals surface area (Å²) in [6, 6.07) is 11.6. The quantitative estimate of drug-likeness (QED) is 0.202. The van der Waals surface area contributed by atoms with E-state index in [-0.39, 0.29) is 12.2 Å². The Morgan fingerprint density at radius 2 is 1.74 bits per heavy atom. The minimum absolute atomic E-state index is 0.281. The minimum atomic E-state index is -4.24. The first-order chi connectivity index (χ1) is 16.7. The molecule has 0 bridgehead atoms. The van der Waals surface area contributed by atoms with E-state index in [1.807, 2.05) is 61.5 Å². The van der Waals surface area contributed by atoms with Crippen LogP contribution in [-0.2, 0) is 16.7 Å². The molecule has 0 amide bonds. The molecule has 0 saturated heterocycles. The molecule has 4 rings (SSSR count). The van der Waals surface area contributed by atoms with Crippen molar-refractivity contribution in [3.05, 3.63) is 70.3 Å². The van der Waals surface area contributed by atoms with Crippen LogP contribution in [0.3, 0.4) is 0 Å². The van der Waals surface area contributed by atoms with Gasteiger partial charge in [-0.25, -0.2) is 8.42 Å². The maximum Gasteiger partial charge on any atom is 0.374 e. The van der Waals surface area contributed by atoms with Crippen molar-refractivity contribution in [2.24, 2.45) is 0 Å². The highest BCUT2D eigenvalue weighted by atomic mass is 35.5. The third kappa shape index (κ3) is 5.51. The third-order valence-corrected chi connectivity index (χ3v) is 7.44. The van der Waals surface area contributed by atoms with Crippen molar-refractivity contribution in [1.82, 2.24) is 0 Å². The van der Waals surface area contributed by atoms with Crippen LogP contribution in [0.4, 0.5) is 11.4 Å². The van der Waals surface area contributed by atoms with E-state index in [0.29, 0.717) is 29.6 Å². The summed E-state index contributed by atoms with van der Waals surface area (Å²) in [5.74, 6) is 1.26. The summed E-state index contributed by atoms with van der Waals surface area (Å²) in [6.07, 6.45) is 6.66. The van der Waals surface area contributed by atoms with Crippen LogP contribution in [0.25, 0.3) is 17.2 Å². The summed E-state index contributed by atoms with van der Waals surface area (Å²) in [6.45, 7) is 6.10. The molecule has 0 saturated carbocycles. The second-order valence-corrected chi connectivity index (χ2v) is 10.5. The van der Waals surface area contributed by atoms with Crippen molar-refractivity contribution >= 4 is 61.9 Å². The van der Waals surface area contributed by atoms with Crippen molar-refractivity contribution in [2.75, 3.05) is 28.6 Å². The van der Waals surface area contributed by atoms with E-state index in [4.69, 9.17) is 27.6 Å². The van der Waals surface area contributed by atoms with Gasteiger partial charge >= 0.3 is 5.89 Å². The molecule has 0 unspecified atom stereocenters. The summed E-state index contributed by atoms with van der Waals surface area (Å²) >= 11 is 12.6. The van der Waals surface area contributed by atoms with Crippen LogP contribution in [0.5, 0.6) is 0 Å². The number of para-hydroxylation sites is 2. The van der Waals surface area contributed by atoms with Gasteiger partial charge in [-0.15, -0.1) is 0 Å². The summed E-state index contributed by atoms with van der Waals surface area (Å²) in [4.78, 5) is 4.20. The molecule has 0 spiro atoms. The van der Waals surface area contributed by atoms with Gasteiger partial charge in [-0.3, -0.25) is 0 Å².